The number of imidazole rings is 1. The normalized spacial score (nSPS) is 11.2. The average molecular weight is 281 g/mol. The fraction of sp³-hybridized carbons (Fsp3) is 0.375. The first-order valence-corrected chi connectivity index (χ1v) is 7.19. The highest BCUT2D eigenvalue weighted by Gasteiger charge is 2.13. The molecule has 3 heterocycles. The van der Waals surface area contributed by atoms with E-state index in [1.807, 2.05) is 26.2 Å². The molecule has 5 heteroatoms. The van der Waals surface area contributed by atoms with Gasteiger partial charge in [-0.25, -0.2) is 19.9 Å². The second kappa shape index (κ2) is 5.24. The van der Waals surface area contributed by atoms with Gasteiger partial charge in [-0.05, 0) is 32.4 Å². The Labute approximate surface area is 124 Å². The molecule has 3 aromatic heterocycles. The molecular formula is C16H19N5. The number of fused-ring (bicyclic) bond motifs is 1. The lowest BCUT2D eigenvalue weighted by Crippen LogP contribution is -2.06. The molecule has 21 heavy (non-hydrogen) atoms. The topological polar surface area (TPSA) is 56.5 Å². The van der Waals surface area contributed by atoms with E-state index in [2.05, 4.69) is 39.4 Å². The van der Waals surface area contributed by atoms with E-state index in [9.17, 15) is 0 Å². The molecule has 0 unspecified atom stereocenters. The zero-order valence-corrected chi connectivity index (χ0v) is 12.9. The summed E-state index contributed by atoms with van der Waals surface area (Å²) in [5.74, 6) is 1.83. The van der Waals surface area contributed by atoms with Gasteiger partial charge in [-0.2, -0.15) is 0 Å². The van der Waals surface area contributed by atoms with Crippen LogP contribution in [-0.4, -0.2) is 24.5 Å². The number of hydrogen-bond donors (Lipinski definition) is 0. The Balaban J connectivity index is 2.13. The molecule has 3 rings (SSSR count). The van der Waals surface area contributed by atoms with E-state index in [1.165, 1.54) is 5.56 Å². The van der Waals surface area contributed by atoms with Crippen molar-refractivity contribution in [2.45, 2.75) is 40.7 Å². The number of nitrogens with zero attached hydrogens (tertiary/aromatic N) is 5. The van der Waals surface area contributed by atoms with Gasteiger partial charge in [0.25, 0.3) is 0 Å². The van der Waals surface area contributed by atoms with Crippen molar-refractivity contribution in [2.75, 3.05) is 0 Å². The number of aromatic nitrogens is 5. The largest absolute Gasteiger partial charge is 0.308 e. The molecule has 0 aliphatic rings. The van der Waals surface area contributed by atoms with E-state index in [4.69, 9.17) is 4.98 Å². The fourth-order valence-electron chi connectivity index (χ4n) is 2.57. The molecule has 108 valence electrons. The van der Waals surface area contributed by atoms with Crippen LogP contribution in [-0.2, 0) is 13.0 Å². The summed E-state index contributed by atoms with van der Waals surface area (Å²) in [5, 5.41) is 0. The molecule has 5 nitrogen and oxygen atoms in total. The molecule has 0 bridgehead atoms. The fourth-order valence-corrected chi connectivity index (χ4v) is 2.57. The van der Waals surface area contributed by atoms with Crippen LogP contribution in [0, 0.1) is 20.8 Å². The third-order valence-corrected chi connectivity index (χ3v) is 3.59. The Morgan fingerprint density at radius 2 is 1.76 bits per heavy atom. The summed E-state index contributed by atoms with van der Waals surface area (Å²) < 4.78 is 2.17. The maximum absolute atomic E-state index is 4.75. The third kappa shape index (κ3) is 2.51. The molecule has 0 aromatic carbocycles. The third-order valence-electron chi connectivity index (χ3n) is 3.59. The Bertz CT molecular complexity index is 787. The lowest BCUT2D eigenvalue weighted by molar-refractivity contribution is 0.738. The van der Waals surface area contributed by atoms with Crippen molar-refractivity contribution in [3.8, 4) is 0 Å². The van der Waals surface area contributed by atoms with E-state index in [0.717, 1.165) is 40.5 Å². The average Bonchev–Trinajstić information content (AvgIpc) is 2.80. The van der Waals surface area contributed by atoms with Crippen LogP contribution in [0.25, 0.3) is 11.2 Å². The maximum Gasteiger partial charge on any atom is 0.160 e. The number of rotatable bonds is 3. The van der Waals surface area contributed by atoms with Gasteiger partial charge in [0.05, 0.1) is 6.54 Å². The molecule has 0 aliphatic heterocycles. The van der Waals surface area contributed by atoms with E-state index >= 15 is 0 Å². The first-order valence-electron chi connectivity index (χ1n) is 7.19. The Morgan fingerprint density at radius 3 is 2.43 bits per heavy atom. The molecule has 0 saturated heterocycles. The lowest BCUT2D eigenvalue weighted by Gasteiger charge is -2.08. The monoisotopic (exact) mass is 281 g/mol. The van der Waals surface area contributed by atoms with Crippen molar-refractivity contribution in [1.82, 2.24) is 24.5 Å². The molecule has 3 aromatic rings. The second-order valence-electron chi connectivity index (χ2n) is 5.36. The molecule has 0 radical (unpaired) electrons. The minimum Gasteiger partial charge on any atom is -0.308 e. The highest BCUT2D eigenvalue weighted by atomic mass is 15.1. The zero-order valence-electron chi connectivity index (χ0n) is 12.9. The molecule has 0 saturated carbocycles. The van der Waals surface area contributed by atoms with Crippen molar-refractivity contribution in [1.29, 1.82) is 0 Å². The molecule has 0 amide bonds. The second-order valence-corrected chi connectivity index (χ2v) is 5.36. The smallest absolute Gasteiger partial charge is 0.160 e. The summed E-state index contributed by atoms with van der Waals surface area (Å²) in [6.45, 7) is 8.82. The first kappa shape index (κ1) is 13.7. The van der Waals surface area contributed by atoms with Crippen molar-refractivity contribution in [2.24, 2.45) is 0 Å². The predicted molar refractivity (Wildman–Crippen MR) is 82.3 cm³/mol. The van der Waals surface area contributed by atoms with Crippen LogP contribution in [0.2, 0.25) is 0 Å². The van der Waals surface area contributed by atoms with Gasteiger partial charge in [0, 0.05) is 30.1 Å². The van der Waals surface area contributed by atoms with Gasteiger partial charge in [-0.1, -0.05) is 6.92 Å². The van der Waals surface area contributed by atoms with Gasteiger partial charge in [0.2, 0.25) is 0 Å². The molecular weight excluding hydrogens is 262 g/mol. The molecule has 0 aliphatic carbocycles. The molecule has 0 fully saturated rings. The lowest BCUT2D eigenvalue weighted by atomic mass is 10.2. The van der Waals surface area contributed by atoms with Gasteiger partial charge < -0.3 is 4.57 Å². The predicted octanol–water partition coefficient (Wildman–Crippen LogP) is 2.76. The summed E-state index contributed by atoms with van der Waals surface area (Å²) >= 11 is 0. The van der Waals surface area contributed by atoms with E-state index in [1.54, 1.807) is 0 Å². The SMILES string of the molecule is CCc1nc2c(C)cc(C)nc2n1Cc1cnc(C)nc1. The van der Waals surface area contributed by atoms with Crippen molar-refractivity contribution in [3.63, 3.8) is 0 Å². The maximum atomic E-state index is 4.75. The van der Waals surface area contributed by atoms with Gasteiger partial charge >= 0.3 is 0 Å². The van der Waals surface area contributed by atoms with Crippen LogP contribution in [0.4, 0.5) is 0 Å². The summed E-state index contributed by atoms with van der Waals surface area (Å²) in [4.78, 5) is 18.0. The number of aryl methyl sites for hydroxylation is 4. The van der Waals surface area contributed by atoms with Gasteiger partial charge in [0.15, 0.2) is 5.65 Å². The van der Waals surface area contributed by atoms with Crippen LogP contribution in [0.3, 0.4) is 0 Å². The Kier molecular flexibility index (Phi) is 3.41. The van der Waals surface area contributed by atoms with Crippen LogP contribution >= 0.6 is 0 Å². The molecule has 0 N–H and O–H groups in total. The Hall–Kier alpha value is -2.30. The summed E-state index contributed by atoms with van der Waals surface area (Å²) in [7, 11) is 0. The summed E-state index contributed by atoms with van der Waals surface area (Å²) in [5.41, 5.74) is 5.20. The van der Waals surface area contributed by atoms with Crippen molar-refractivity contribution >= 4 is 11.2 Å². The molecule has 0 spiro atoms. The quantitative estimate of drug-likeness (QED) is 0.740. The zero-order chi connectivity index (χ0) is 15.0. The van der Waals surface area contributed by atoms with E-state index in [-0.39, 0.29) is 0 Å². The minimum atomic E-state index is 0.704. The Morgan fingerprint density at radius 1 is 1.05 bits per heavy atom. The van der Waals surface area contributed by atoms with Gasteiger partial charge in [-0.15, -0.1) is 0 Å². The molecule has 0 atom stereocenters. The van der Waals surface area contributed by atoms with Crippen LogP contribution in [0.1, 0.15) is 35.4 Å². The van der Waals surface area contributed by atoms with E-state index in [0.29, 0.717) is 6.54 Å². The van der Waals surface area contributed by atoms with E-state index < -0.39 is 0 Å². The summed E-state index contributed by atoms with van der Waals surface area (Å²) in [6.07, 6.45) is 4.62. The standard InChI is InChI=1S/C16H19N5/c1-5-14-20-15-10(2)6-11(3)19-16(15)21(14)9-13-7-17-12(4)18-8-13/h6-8H,5,9H2,1-4H3. The van der Waals surface area contributed by atoms with Crippen molar-refractivity contribution in [3.05, 3.63) is 46.9 Å². The first-order chi connectivity index (χ1) is 10.1. The number of pyridine rings is 1. The minimum absolute atomic E-state index is 0.704. The van der Waals surface area contributed by atoms with Crippen LogP contribution < -0.4 is 0 Å². The van der Waals surface area contributed by atoms with Crippen molar-refractivity contribution < 1.29 is 0 Å². The van der Waals surface area contributed by atoms with Gasteiger partial charge in [0.1, 0.15) is 17.2 Å². The number of hydrogen-bond acceptors (Lipinski definition) is 4. The van der Waals surface area contributed by atoms with Crippen LogP contribution in [0.5, 0.6) is 0 Å². The highest BCUT2D eigenvalue weighted by molar-refractivity contribution is 5.76. The van der Waals surface area contributed by atoms with Crippen LogP contribution in [0.15, 0.2) is 18.5 Å². The van der Waals surface area contributed by atoms with Gasteiger partial charge in [-0.3, -0.25) is 0 Å². The highest BCUT2D eigenvalue weighted by Crippen LogP contribution is 2.20. The summed E-state index contributed by atoms with van der Waals surface area (Å²) in [6, 6.07) is 2.08.